The van der Waals surface area contributed by atoms with Crippen molar-refractivity contribution in [3.05, 3.63) is 76.9 Å². The first kappa shape index (κ1) is 20.6. The molecule has 3 N–H and O–H groups in total. The third kappa shape index (κ3) is 4.45. The van der Waals surface area contributed by atoms with Gasteiger partial charge in [0.15, 0.2) is 0 Å². The number of aryl methyl sites for hydroxylation is 2. The molecule has 3 heterocycles. The van der Waals surface area contributed by atoms with Crippen LogP contribution in [0.25, 0.3) is 0 Å². The van der Waals surface area contributed by atoms with E-state index in [0.717, 1.165) is 24.9 Å². The predicted octanol–water partition coefficient (Wildman–Crippen LogP) is 3.15. The van der Waals surface area contributed by atoms with Crippen molar-refractivity contribution in [2.75, 3.05) is 5.32 Å². The van der Waals surface area contributed by atoms with Gasteiger partial charge in [-0.2, -0.15) is 0 Å². The summed E-state index contributed by atoms with van der Waals surface area (Å²) in [6.45, 7) is 0.787. The second-order valence-corrected chi connectivity index (χ2v) is 7.46. The molecule has 0 spiro atoms. The van der Waals surface area contributed by atoms with E-state index in [1.54, 1.807) is 4.68 Å². The summed E-state index contributed by atoms with van der Waals surface area (Å²) in [4.78, 5) is 26.4. The number of fused-ring (bicyclic) bond motifs is 2. The molecule has 0 bridgehead atoms. The molecule has 7 nitrogen and oxygen atoms in total. The van der Waals surface area contributed by atoms with E-state index >= 15 is 0 Å². The largest absolute Gasteiger partial charge is 0.363 e. The van der Waals surface area contributed by atoms with Crippen LogP contribution >= 0.6 is 0 Å². The first-order valence-electron chi connectivity index (χ1n) is 9.99. The van der Waals surface area contributed by atoms with Gasteiger partial charge < -0.3 is 11.1 Å². The first-order chi connectivity index (χ1) is 14.9. The molecule has 1 unspecified atom stereocenters. The summed E-state index contributed by atoms with van der Waals surface area (Å²) in [5, 5.41) is 6.53. The number of anilines is 1. The number of aromatic nitrogens is 3. The molecule has 0 saturated carbocycles. The average molecular weight is 425 g/mol. The Labute approximate surface area is 177 Å². The Morgan fingerprint density at radius 2 is 1.94 bits per heavy atom. The van der Waals surface area contributed by atoms with Crippen molar-refractivity contribution in [1.29, 1.82) is 0 Å². The van der Waals surface area contributed by atoms with Crippen molar-refractivity contribution in [1.82, 2.24) is 14.8 Å². The highest BCUT2D eigenvalue weighted by atomic mass is 19.1. The molecule has 2 amide bonds. The van der Waals surface area contributed by atoms with Crippen molar-refractivity contribution >= 4 is 17.5 Å². The molecule has 0 saturated heterocycles. The minimum absolute atomic E-state index is 0.112. The number of halogens is 2. The number of hydrogen-bond acceptors (Lipinski definition) is 4. The Hall–Kier alpha value is -3.62. The van der Waals surface area contributed by atoms with Crippen molar-refractivity contribution in [2.24, 2.45) is 5.73 Å². The number of amides is 2. The molecule has 1 aromatic heterocycles. The lowest BCUT2D eigenvalue weighted by Crippen LogP contribution is -2.14. The van der Waals surface area contributed by atoms with Gasteiger partial charge in [-0.3, -0.25) is 9.59 Å². The number of hydrogen-bond donors (Lipinski definition) is 2. The van der Waals surface area contributed by atoms with Crippen LogP contribution in [0.15, 0.2) is 42.5 Å². The topological polar surface area (TPSA) is 103 Å². The summed E-state index contributed by atoms with van der Waals surface area (Å²) in [5.41, 5.74) is 7.05. The summed E-state index contributed by atoms with van der Waals surface area (Å²) in [5.74, 6) is -0.914. The minimum Gasteiger partial charge on any atom is -0.363 e. The number of carbonyl (C=O) groups is 2. The maximum absolute atomic E-state index is 13.2. The fourth-order valence-electron chi connectivity index (χ4n) is 3.87. The molecule has 3 aromatic rings. The lowest BCUT2D eigenvalue weighted by atomic mass is 9.97. The van der Waals surface area contributed by atoms with Crippen molar-refractivity contribution in [2.45, 2.75) is 38.1 Å². The monoisotopic (exact) mass is 425 g/mol. The van der Waals surface area contributed by atoms with E-state index in [4.69, 9.17) is 5.73 Å². The summed E-state index contributed by atoms with van der Waals surface area (Å²) in [6.07, 6.45) is 2.48. The molecular weight excluding hydrogens is 404 g/mol. The van der Waals surface area contributed by atoms with E-state index in [-0.39, 0.29) is 23.3 Å². The van der Waals surface area contributed by atoms with E-state index < -0.39 is 17.5 Å². The van der Waals surface area contributed by atoms with E-state index in [1.165, 1.54) is 11.6 Å². The number of nitrogens with one attached hydrogen (secondary N) is 1. The molecule has 2 aliphatic heterocycles. The molecule has 31 heavy (non-hydrogen) atoms. The number of nitrogens with zero attached hydrogens (tertiary/aromatic N) is 3. The number of benzene rings is 2. The Morgan fingerprint density at radius 1 is 1.16 bits per heavy atom. The quantitative estimate of drug-likeness (QED) is 0.658. The Balaban J connectivity index is 0.000000152. The van der Waals surface area contributed by atoms with Crippen LogP contribution in [0.3, 0.4) is 0 Å². The van der Waals surface area contributed by atoms with Crippen LogP contribution in [0.4, 0.5) is 14.5 Å². The summed E-state index contributed by atoms with van der Waals surface area (Å²) >= 11 is 0. The van der Waals surface area contributed by atoms with Crippen LogP contribution in [0, 0.1) is 11.6 Å². The second kappa shape index (κ2) is 8.63. The molecule has 160 valence electrons. The number of carbonyl (C=O) groups excluding carboxylic acids is 2. The van der Waals surface area contributed by atoms with Gasteiger partial charge in [0.1, 0.15) is 17.5 Å². The average Bonchev–Trinajstić information content (AvgIpc) is 3.27. The molecule has 0 fully saturated rings. The highest BCUT2D eigenvalue weighted by Crippen LogP contribution is 2.32. The SMILES string of the molecule is NC(=O)c1nc2n(n1)CCC2c1ccccc1.O=C1CCCc2cc(F)cc(F)c2N1. The maximum atomic E-state index is 13.2. The lowest BCUT2D eigenvalue weighted by molar-refractivity contribution is -0.116. The van der Waals surface area contributed by atoms with E-state index in [2.05, 4.69) is 27.5 Å². The van der Waals surface area contributed by atoms with Crippen LogP contribution < -0.4 is 11.1 Å². The molecular formula is C22H21F2N5O2. The van der Waals surface area contributed by atoms with Gasteiger partial charge >= 0.3 is 0 Å². The Kier molecular flexibility index (Phi) is 5.75. The number of nitrogens with two attached hydrogens (primary N) is 1. The third-order valence-corrected chi connectivity index (χ3v) is 5.31. The van der Waals surface area contributed by atoms with Crippen LogP contribution in [0.5, 0.6) is 0 Å². The Morgan fingerprint density at radius 3 is 2.68 bits per heavy atom. The van der Waals surface area contributed by atoms with Gasteiger partial charge in [-0.05, 0) is 36.5 Å². The zero-order chi connectivity index (χ0) is 22.0. The van der Waals surface area contributed by atoms with Gasteiger partial charge in [0.25, 0.3) is 5.91 Å². The lowest BCUT2D eigenvalue weighted by Gasteiger charge is -2.07. The molecule has 0 aliphatic carbocycles. The normalized spacial score (nSPS) is 17.0. The maximum Gasteiger partial charge on any atom is 0.288 e. The van der Waals surface area contributed by atoms with E-state index in [9.17, 15) is 18.4 Å². The van der Waals surface area contributed by atoms with Crippen molar-refractivity contribution in [3.8, 4) is 0 Å². The highest BCUT2D eigenvalue weighted by molar-refractivity contribution is 5.92. The van der Waals surface area contributed by atoms with Crippen molar-refractivity contribution in [3.63, 3.8) is 0 Å². The molecule has 9 heteroatoms. The third-order valence-electron chi connectivity index (χ3n) is 5.31. The van der Waals surface area contributed by atoms with Crippen LogP contribution in [-0.4, -0.2) is 26.6 Å². The Bertz CT molecular complexity index is 1130. The van der Waals surface area contributed by atoms with Gasteiger partial charge in [0.2, 0.25) is 11.7 Å². The molecule has 2 aromatic carbocycles. The zero-order valence-corrected chi connectivity index (χ0v) is 16.6. The number of rotatable bonds is 2. The first-order valence-corrected chi connectivity index (χ1v) is 9.99. The standard InChI is InChI=1S/C12H12N4O.C10H9F2NO/c13-10(17)11-14-12-9(6-7-16(12)15-11)8-4-2-1-3-5-8;11-7-4-6-2-1-3-9(14)13-10(6)8(12)5-7/h1-5,9H,6-7H2,(H2,13,17);4-5H,1-3H2,(H,13,14). The fourth-order valence-corrected chi connectivity index (χ4v) is 3.87. The summed E-state index contributed by atoms with van der Waals surface area (Å²) < 4.78 is 27.8. The smallest absolute Gasteiger partial charge is 0.288 e. The van der Waals surface area contributed by atoms with Gasteiger partial charge in [-0.25, -0.2) is 18.4 Å². The minimum atomic E-state index is -0.699. The van der Waals surface area contributed by atoms with Crippen LogP contribution in [-0.2, 0) is 17.8 Å². The van der Waals surface area contributed by atoms with E-state index in [0.29, 0.717) is 24.8 Å². The van der Waals surface area contributed by atoms with Crippen molar-refractivity contribution < 1.29 is 18.4 Å². The van der Waals surface area contributed by atoms with Gasteiger partial charge in [-0.1, -0.05) is 30.3 Å². The molecule has 2 aliphatic rings. The number of primary amides is 1. The van der Waals surface area contributed by atoms with Crippen LogP contribution in [0.1, 0.15) is 52.8 Å². The van der Waals surface area contributed by atoms with Gasteiger partial charge in [0, 0.05) is 24.9 Å². The van der Waals surface area contributed by atoms with Crippen LogP contribution in [0.2, 0.25) is 0 Å². The highest BCUT2D eigenvalue weighted by Gasteiger charge is 2.28. The van der Waals surface area contributed by atoms with E-state index in [1.807, 2.05) is 18.2 Å². The zero-order valence-electron chi connectivity index (χ0n) is 16.6. The van der Waals surface area contributed by atoms with Gasteiger partial charge in [0.05, 0.1) is 5.69 Å². The molecule has 0 radical (unpaired) electrons. The molecule has 1 atom stereocenters. The molecule has 5 rings (SSSR count). The summed E-state index contributed by atoms with van der Waals surface area (Å²) in [6, 6.07) is 12.2. The second-order valence-electron chi connectivity index (χ2n) is 7.46. The predicted molar refractivity (Wildman–Crippen MR) is 109 cm³/mol. The fraction of sp³-hybridized carbons (Fsp3) is 0.273. The summed E-state index contributed by atoms with van der Waals surface area (Å²) in [7, 11) is 0. The van der Waals surface area contributed by atoms with Gasteiger partial charge in [-0.15, -0.1) is 5.10 Å².